The number of piperidine rings is 3. The first kappa shape index (κ1) is 13.8. The van der Waals surface area contributed by atoms with Gasteiger partial charge >= 0.3 is 0 Å². The van der Waals surface area contributed by atoms with Crippen molar-refractivity contribution in [1.29, 1.82) is 0 Å². The molecular weight excluding hydrogens is 234 g/mol. The van der Waals surface area contributed by atoms with Crippen molar-refractivity contribution in [2.24, 2.45) is 11.8 Å². The molecule has 4 aliphatic rings. The van der Waals surface area contributed by atoms with Crippen molar-refractivity contribution in [3.63, 3.8) is 0 Å². The van der Waals surface area contributed by atoms with E-state index in [4.69, 9.17) is 0 Å². The average molecular weight is 265 g/mol. The number of nitrogens with zero attached hydrogens (tertiary/aromatic N) is 2. The molecule has 0 aromatic rings. The number of hydrogen-bond donors (Lipinski definition) is 1. The molecule has 0 saturated carbocycles. The van der Waals surface area contributed by atoms with Crippen LogP contribution in [0.5, 0.6) is 0 Å². The zero-order valence-electron chi connectivity index (χ0n) is 12.9. The van der Waals surface area contributed by atoms with Gasteiger partial charge < -0.3 is 10.2 Å². The molecule has 0 amide bonds. The fourth-order valence-electron chi connectivity index (χ4n) is 4.44. The third kappa shape index (κ3) is 2.70. The molecule has 19 heavy (non-hydrogen) atoms. The topological polar surface area (TPSA) is 18.5 Å². The van der Waals surface area contributed by atoms with Crippen molar-refractivity contribution in [2.75, 3.05) is 32.7 Å². The highest BCUT2D eigenvalue weighted by Crippen LogP contribution is 2.33. The molecule has 110 valence electrons. The number of piperazine rings is 1. The predicted molar refractivity (Wildman–Crippen MR) is 80.4 cm³/mol. The van der Waals surface area contributed by atoms with Crippen LogP contribution in [0.3, 0.4) is 0 Å². The van der Waals surface area contributed by atoms with Crippen LogP contribution in [0.1, 0.15) is 40.0 Å². The van der Waals surface area contributed by atoms with Crippen molar-refractivity contribution in [3.05, 3.63) is 0 Å². The molecule has 4 saturated heterocycles. The summed E-state index contributed by atoms with van der Waals surface area (Å²) in [6.45, 7) is 13.6. The number of rotatable bonds is 3. The maximum atomic E-state index is 3.76. The summed E-state index contributed by atoms with van der Waals surface area (Å²) in [6.07, 6.45) is 4.15. The quantitative estimate of drug-likeness (QED) is 0.839. The molecule has 2 bridgehead atoms. The van der Waals surface area contributed by atoms with E-state index in [1.807, 2.05) is 0 Å². The summed E-state index contributed by atoms with van der Waals surface area (Å²) in [7, 11) is 0. The second kappa shape index (κ2) is 5.71. The van der Waals surface area contributed by atoms with Gasteiger partial charge in [0.15, 0.2) is 0 Å². The molecule has 0 aliphatic carbocycles. The van der Waals surface area contributed by atoms with E-state index >= 15 is 0 Å². The van der Waals surface area contributed by atoms with Gasteiger partial charge in [0, 0.05) is 37.8 Å². The summed E-state index contributed by atoms with van der Waals surface area (Å²) in [5, 5.41) is 3.76. The zero-order chi connectivity index (χ0) is 13.4. The molecule has 3 nitrogen and oxygen atoms in total. The van der Waals surface area contributed by atoms with Crippen LogP contribution in [-0.4, -0.2) is 60.6 Å². The Labute approximate surface area is 118 Å². The molecule has 4 aliphatic heterocycles. The Morgan fingerprint density at radius 2 is 1.89 bits per heavy atom. The highest BCUT2D eigenvalue weighted by Gasteiger charge is 2.42. The largest absolute Gasteiger partial charge is 0.311 e. The number of hydrogen-bond acceptors (Lipinski definition) is 3. The smallest absolute Gasteiger partial charge is 0.0256 e. The number of fused-ring (bicyclic) bond motifs is 3. The lowest BCUT2D eigenvalue weighted by molar-refractivity contribution is -0.0405. The van der Waals surface area contributed by atoms with Gasteiger partial charge in [-0.15, -0.1) is 0 Å². The second-order valence-electron chi connectivity index (χ2n) is 7.23. The Balaban J connectivity index is 1.74. The first-order chi connectivity index (χ1) is 9.19. The summed E-state index contributed by atoms with van der Waals surface area (Å²) in [6, 6.07) is 2.30. The van der Waals surface area contributed by atoms with E-state index in [-0.39, 0.29) is 0 Å². The Hall–Kier alpha value is -0.120. The molecule has 3 unspecified atom stereocenters. The van der Waals surface area contributed by atoms with E-state index in [0.29, 0.717) is 6.04 Å². The van der Waals surface area contributed by atoms with Crippen molar-refractivity contribution in [3.8, 4) is 0 Å². The SMILES string of the molecule is CCC1CN(C2CN3CCC2CC3)C(C(C)C)CN1. The summed E-state index contributed by atoms with van der Waals surface area (Å²) in [5.41, 5.74) is 0. The molecule has 3 heteroatoms. The molecule has 0 spiro atoms. The average Bonchev–Trinajstić information content (AvgIpc) is 2.47. The van der Waals surface area contributed by atoms with E-state index in [1.54, 1.807) is 0 Å². The van der Waals surface area contributed by atoms with E-state index in [2.05, 4.69) is 35.9 Å². The summed E-state index contributed by atoms with van der Waals surface area (Å²) in [5.74, 6) is 1.74. The first-order valence-corrected chi connectivity index (χ1v) is 8.40. The Morgan fingerprint density at radius 3 is 2.42 bits per heavy atom. The maximum Gasteiger partial charge on any atom is 0.0256 e. The summed E-state index contributed by atoms with van der Waals surface area (Å²) < 4.78 is 0. The van der Waals surface area contributed by atoms with E-state index in [9.17, 15) is 0 Å². The van der Waals surface area contributed by atoms with Gasteiger partial charge in [0.1, 0.15) is 0 Å². The van der Waals surface area contributed by atoms with Gasteiger partial charge in [-0.2, -0.15) is 0 Å². The number of nitrogens with one attached hydrogen (secondary N) is 1. The highest BCUT2D eigenvalue weighted by molar-refractivity contribution is 4.98. The van der Waals surface area contributed by atoms with Crippen LogP contribution in [0.25, 0.3) is 0 Å². The molecule has 1 N–H and O–H groups in total. The third-order valence-electron chi connectivity index (χ3n) is 5.78. The van der Waals surface area contributed by atoms with Crippen LogP contribution in [-0.2, 0) is 0 Å². The van der Waals surface area contributed by atoms with Crippen LogP contribution in [0.15, 0.2) is 0 Å². The lowest BCUT2D eigenvalue weighted by Gasteiger charge is -2.54. The van der Waals surface area contributed by atoms with Gasteiger partial charge in [-0.05, 0) is 44.2 Å². The minimum Gasteiger partial charge on any atom is -0.311 e. The second-order valence-corrected chi connectivity index (χ2v) is 7.23. The fourth-order valence-corrected chi connectivity index (χ4v) is 4.44. The van der Waals surface area contributed by atoms with Crippen LogP contribution in [0.4, 0.5) is 0 Å². The van der Waals surface area contributed by atoms with Crippen LogP contribution in [0.2, 0.25) is 0 Å². The molecule has 0 aromatic carbocycles. The zero-order valence-corrected chi connectivity index (χ0v) is 12.9. The monoisotopic (exact) mass is 265 g/mol. The minimum atomic E-state index is 0.713. The first-order valence-electron chi connectivity index (χ1n) is 8.40. The summed E-state index contributed by atoms with van der Waals surface area (Å²) in [4.78, 5) is 5.59. The lowest BCUT2D eigenvalue weighted by Crippen LogP contribution is -2.66. The van der Waals surface area contributed by atoms with Crippen molar-refractivity contribution >= 4 is 0 Å². The lowest BCUT2D eigenvalue weighted by atomic mass is 9.81. The van der Waals surface area contributed by atoms with E-state index in [1.165, 1.54) is 52.0 Å². The molecule has 3 atom stereocenters. The van der Waals surface area contributed by atoms with Gasteiger partial charge in [-0.1, -0.05) is 20.8 Å². The van der Waals surface area contributed by atoms with Crippen molar-refractivity contribution in [2.45, 2.75) is 58.2 Å². The highest BCUT2D eigenvalue weighted by atomic mass is 15.3. The Kier molecular flexibility index (Phi) is 4.16. The van der Waals surface area contributed by atoms with Gasteiger partial charge in [0.2, 0.25) is 0 Å². The molecule has 0 radical (unpaired) electrons. The standard InChI is InChI=1S/C16H31N3/c1-4-14-10-19(15(9-17-14)12(2)3)16-11-18-7-5-13(16)6-8-18/h12-17H,4-11H2,1-3H3. The summed E-state index contributed by atoms with van der Waals surface area (Å²) >= 11 is 0. The Morgan fingerprint density at radius 1 is 1.16 bits per heavy atom. The van der Waals surface area contributed by atoms with E-state index in [0.717, 1.165) is 23.9 Å². The van der Waals surface area contributed by atoms with Crippen LogP contribution in [0, 0.1) is 11.8 Å². The molecule has 4 rings (SSSR count). The Bertz CT molecular complexity index is 296. The molecule has 0 aromatic heterocycles. The van der Waals surface area contributed by atoms with Gasteiger partial charge in [-0.25, -0.2) is 0 Å². The van der Waals surface area contributed by atoms with E-state index < -0.39 is 0 Å². The maximum absolute atomic E-state index is 3.76. The van der Waals surface area contributed by atoms with Gasteiger partial charge in [0.25, 0.3) is 0 Å². The molecule has 4 fully saturated rings. The van der Waals surface area contributed by atoms with Gasteiger partial charge in [-0.3, -0.25) is 4.90 Å². The predicted octanol–water partition coefficient (Wildman–Crippen LogP) is 1.79. The van der Waals surface area contributed by atoms with Gasteiger partial charge in [0.05, 0.1) is 0 Å². The third-order valence-corrected chi connectivity index (χ3v) is 5.78. The normalized spacial score (nSPS) is 43.9. The van der Waals surface area contributed by atoms with Crippen molar-refractivity contribution in [1.82, 2.24) is 15.1 Å². The molecule has 4 heterocycles. The van der Waals surface area contributed by atoms with Crippen molar-refractivity contribution < 1.29 is 0 Å². The minimum absolute atomic E-state index is 0.713. The fraction of sp³-hybridized carbons (Fsp3) is 1.00. The van der Waals surface area contributed by atoms with Crippen LogP contribution >= 0.6 is 0 Å². The van der Waals surface area contributed by atoms with Crippen LogP contribution < -0.4 is 5.32 Å². The molecular formula is C16H31N3.